The van der Waals surface area contributed by atoms with Crippen LogP contribution in [0.25, 0.3) is 0 Å². The van der Waals surface area contributed by atoms with Gasteiger partial charge in [0.15, 0.2) is 0 Å². The molecule has 3 nitrogen and oxygen atoms in total. The first kappa shape index (κ1) is 9.45. The van der Waals surface area contributed by atoms with Crippen LogP contribution in [0.1, 0.15) is 12.8 Å². The lowest BCUT2D eigenvalue weighted by Gasteiger charge is -2.02. The topological polar surface area (TPSA) is 43.8 Å². The lowest BCUT2D eigenvalue weighted by atomic mass is 10.3. The van der Waals surface area contributed by atoms with E-state index < -0.39 is 0 Å². The van der Waals surface area contributed by atoms with E-state index in [2.05, 4.69) is 11.4 Å². The number of nitrogens with zero attached hydrogens (tertiary/aromatic N) is 2. The minimum atomic E-state index is 0.763. The van der Waals surface area contributed by atoms with E-state index in [4.69, 9.17) is 5.73 Å². The molecule has 0 unspecified atom stereocenters. The molecule has 4 heteroatoms. The second-order valence-electron chi connectivity index (χ2n) is 2.68. The standard InChI is InChI=1S/C8H15N3S/c1-12-7-3-2-6-11-8(9)4-5-10-11/h4-5H,2-3,6-7,9H2,1H3. The highest BCUT2D eigenvalue weighted by atomic mass is 32.2. The monoisotopic (exact) mass is 185 g/mol. The molecule has 1 rings (SSSR count). The van der Waals surface area contributed by atoms with Gasteiger partial charge in [0.2, 0.25) is 0 Å². The van der Waals surface area contributed by atoms with Gasteiger partial charge >= 0.3 is 0 Å². The summed E-state index contributed by atoms with van der Waals surface area (Å²) in [4.78, 5) is 0. The Morgan fingerprint density at radius 2 is 2.42 bits per heavy atom. The van der Waals surface area contributed by atoms with Crippen LogP contribution in [0.5, 0.6) is 0 Å². The van der Waals surface area contributed by atoms with Gasteiger partial charge in [0.1, 0.15) is 5.82 Å². The van der Waals surface area contributed by atoms with Crippen molar-refractivity contribution in [2.75, 3.05) is 17.7 Å². The average molecular weight is 185 g/mol. The first-order chi connectivity index (χ1) is 5.84. The van der Waals surface area contributed by atoms with Gasteiger partial charge in [-0.15, -0.1) is 0 Å². The van der Waals surface area contributed by atoms with Gasteiger partial charge < -0.3 is 5.73 Å². The Bertz CT molecular complexity index is 222. The molecular formula is C8H15N3S. The number of rotatable bonds is 5. The Morgan fingerprint density at radius 1 is 1.58 bits per heavy atom. The molecule has 0 spiro atoms. The van der Waals surface area contributed by atoms with Crippen LogP contribution in [-0.4, -0.2) is 21.8 Å². The maximum atomic E-state index is 5.65. The van der Waals surface area contributed by atoms with E-state index in [-0.39, 0.29) is 0 Å². The molecule has 0 amide bonds. The van der Waals surface area contributed by atoms with Crippen molar-refractivity contribution in [2.45, 2.75) is 19.4 Å². The maximum Gasteiger partial charge on any atom is 0.121 e. The van der Waals surface area contributed by atoms with Crippen molar-refractivity contribution < 1.29 is 0 Å². The van der Waals surface area contributed by atoms with Gasteiger partial charge in [0, 0.05) is 6.54 Å². The zero-order valence-corrected chi connectivity index (χ0v) is 8.18. The number of anilines is 1. The Hall–Kier alpha value is -0.640. The normalized spacial score (nSPS) is 10.4. The van der Waals surface area contributed by atoms with Crippen molar-refractivity contribution in [3.63, 3.8) is 0 Å². The third-order valence-corrected chi connectivity index (χ3v) is 2.41. The minimum Gasteiger partial charge on any atom is -0.384 e. The first-order valence-corrected chi connectivity index (χ1v) is 5.50. The van der Waals surface area contributed by atoms with Gasteiger partial charge in [-0.2, -0.15) is 16.9 Å². The van der Waals surface area contributed by atoms with Crippen LogP contribution in [0.3, 0.4) is 0 Å². The van der Waals surface area contributed by atoms with Crippen LogP contribution in [0.2, 0.25) is 0 Å². The Labute approximate surface area is 77.3 Å². The summed E-state index contributed by atoms with van der Waals surface area (Å²) in [5.41, 5.74) is 5.65. The van der Waals surface area contributed by atoms with Crippen molar-refractivity contribution in [3.8, 4) is 0 Å². The highest BCUT2D eigenvalue weighted by Crippen LogP contribution is 2.04. The van der Waals surface area contributed by atoms with Crippen molar-refractivity contribution in [3.05, 3.63) is 12.3 Å². The molecule has 12 heavy (non-hydrogen) atoms. The highest BCUT2D eigenvalue weighted by molar-refractivity contribution is 7.98. The summed E-state index contributed by atoms with van der Waals surface area (Å²) in [5.74, 6) is 1.99. The van der Waals surface area contributed by atoms with Gasteiger partial charge in [-0.3, -0.25) is 4.68 Å². The van der Waals surface area contributed by atoms with E-state index >= 15 is 0 Å². The SMILES string of the molecule is CSCCCCn1nccc1N. The second-order valence-corrected chi connectivity index (χ2v) is 3.66. The molecule has 0 fully saturated rings. The largest absolute Gasteiger partial charge is 0.384 e. The van der Waals surface area contributed by atoms with Gasteiger partial charge in [-0.25, -0.2) is 0 Å². The number of nitrogen functional groups attached to an aromatic ring is 1. The molecule has 1 aromatic heterocycles. The average Bonchev–Trinajstić information content (AvgIpc) is 2.46. The summed E-state index contributed by atoms with van der Waals surface area (Å²) >= 11 is 1.88. The number of thioether (sulfide) groups is 1. The molecule has 0 aromatic carbocycles. The molecule has 1 heterocycles. The lowest BCUT2D eigenvalue weighted by molar-refractivity contribution is 0.581. The maximum absolute atomic E-state index is 5.65. The van der Waals surface area contributed by atoms with Crippen LogP contribution in [0.15, 0.2) is 12.3 Å². The quantitative estimate of drug-likeness (QED) is 0.709. The molecular weight excluding hydrogens is 170 g/mol. The van der Waals surface area contributed by atoms with Crippen molar-refractivity contribution in [2.24, 2.45) is 0 Å². The highest BCUT2D eigenvalue weighted by Gasteiger charge is 1.95. The van der Waals surface area contributed by atoms with Crippen LogP contribution >= 0.6 is 11.8 Å². The fourth-order valence-corrected chi connectivity index (χ4v) is 1.53. The molecule has 2 N–H and O–H groups in total. The molecule has 0 bridgehead atoms. The van der Waals surface area contributed by atoms with E-state index in [1.165, 1.54) is 12.2 Å². The van der Waals surface area contributed by atoms with E-state index in [1.807, 2.05) is 22.5 Å². The van der Waals surface area contributed by atoms with Crippen LogP contribution in [0, 0.1) is 0 Å². The van der Waals surface area contributed by atoms with E-state index in [0.29, 0.717) is 0 Å². The number of nitrogens with two attached hydrogens (primary N) is 1. The number of hydrogen-bond acceptors (Lipinski definition) is 3. The van der Waals surface area contributed by atoms with Crippen LogP contribution < -0.4 is 5.73 Å². The van der Waals surface area contributed by atoms with Gasteiger partial charge in [-0.05, 0) is 30.9 Å². The number of aromatic nitrogens is 2. The molecule has 0 aliphatic rings. The number of unbranched alkanes of at least 4 members (excludes halogenated alkanes) is 1. The van der Waals surface area contributed by atoms with Gasteiger partial charge in [0.25, 0.3) is 0 Å². The van der Waals surface area contributed by atoms with Gasteiger partial charge in [-0.1, -0.05) is 0 Å². The molecule has 68 valence electrons. The first-order valence-electron chi connectivity index (χ1n) is 4.11. The van der Waals surface area contributed by atoms with Crippen molar-refractivity contribution in [1.29, 1.82) is 0 Å². The smallest absolute Gasteiger partial charge is 0.121 e. The van der Waals surface area contributed by atoms with Crippen molar-refractivity contribution in [1.82, 2.24) is 9.78 Å². The summed E-state index contributed by atoms with van der Waals surface area (Å²) in [6.07, 6.45) is 6.26. The van der Waals surface area contributed by atoms with Crippen LogP contribution in [-0.2, 0) is 6.54 Å². The van der Waals surface area contributed by atoms with E-state index in [9.17, 15) is 0 Å². The third-order valence-electron chi connectivity index (χ3n) is 1.72. The second kappa shape index (κ2) is 5.09. The van der Waals surface area contributed by atoms with E-state index in [1.54, 1.807) is 6.20 Å². The summed E-state index contributed by atoms with van der Waals surface area (Å²) in [6, 6.07) is 1.83. The van der Waals surface area contributed by atoms with Crippen LogP contribution in [0.4, 0.5) is 5.82 Å². The van der Waals surface area contributed by atoms with Gasteiger partial charge in [0.05, 0.1) is 6.20 Å². The molecule has 0 saturated heterocycles. The molecule has 0 radical (unpaired) electrons. The number of aryl methyl sites for hydroxylation is 1. The fraction of sp³-hybridized carbons (Fsp3) is 0.625. The Kier molecular flexibility index (Phi) is 4.00. The minimum absolute atomic E-state index is 0.763. The lowest BCUT2D eigenvalue weighted by Crippen LogP contribution is -2.04. The van der Waals surface area contributed by atoms with Crippen molar-refractivity contribution >= 4 is 17.6 Å². The predicted octanol–water partition coefficient (Wildman–Crippen LogP) is 1.61. The zero-order chi connectivity index (χ0) is 8.81. The van der Waals surface area contributed by atoms with E-state index in [0.717, 1.165) is 18.8 Å². The molecule has 0 aliphatic carbocycles. The fourth-order valence-electron chi connectivity index (χ4n) is 1.04. The number of hydrogen-bond donors (Lipinski definition) is 1. The molecule has 0 atom stereocenters. The summed E-state index contributed by atoms with van der Waals surface area (Å²) in [5, 5.41) is 4.10. The summed E-state index contributed by atoms with van der Waals surface area (Å²) in [6.45, 7) is 0.944. The Morgan fingerprint density at radius 3 is 3.00 bits per heavy atom. The molecule has 0 aliphatic heterocycles. The molecule has 0 saturated carbocycles. The summed E-state index contributed by atoms with van der Waals surface area (Å²) < 4.78 is 1.85. The Balaban J connectivity index is 2.20. The molecule has 1 aromatic rings. The predicted molar refractivity (Wildman–Crippen MR) is 54.3 cm³/mol. The zero-order valence-electron chi connectivity index (χ0n) is 7.36. The summed E-state index contributed by atoms with van der Waals surface area (Å²) in [7, 11) is 0. The third kappa shape index (κ3) is 2.77.